The van der Waals surface area contributed by atoms with E-state index in [0.29, 0.717) is 11.3 Å². The molecule has 1 saturated heterocycles. The second kappa shape index (κ2) is 8.57. The molecule has 1 amide bonds. The molecule has 0 aromatic heterocycles. The average Bonchev–Trinajstić information content (AvgIpc) is 3.05. The lowest BCUT2D eigenvalue weighted by molar-refractivity contribution is -0.135. The third-order valence-electron chi connectivity index (χ3n) is 3.86. The van der Waals surface area contributed by atoms with Gasteiger partial charge in [-0.25, -0.2) is 4.79 Å². The highest BCUT2D eigenvalue weighted by Gasteiger charge is 2.25. The molecule has 0 unspecified atom stereocenters. The van der Waals surface area contributed by atoms with Gasteiger partial charge < -0.3 is 14.2 Å². The molecular weight excluding hydrogens is 382 g/mol. The van der Waals surface area contributed by atoms with Crippen LogP contribution in [0.1, 0.15) is 5.56 Å². The molecule has 0 spiro atoms. The van der Waals surface area contributed by atoms with Gasteiger partial charge in [0, 0.05) is 17.0 Å². The highest BCUT2D eigenvalue weighted by molar-refractivity contribution is 8.18. The number of fused-ring (bicyclic) bond motifs is 1. The molecule has 1 heterocycles. The lowest BCUT2D eigenvalue weighted by Crippen LogP contribution is -2.19. The largest absolute Gasteiger partial charge is 0.496 e. The summed E-state index contributed by atoms with van der Waals surface area (Å²) in [5.41, 5.74) is 0.715. The molecule has 0 atom stereocenters. The molecule has 3 rings (SSSR count). The Balaban J connectivity index is 1.85. The number of esters is 1. The number of benzene rings is 2. The Bertz CT molecular complexity index is 1030. The third-order valence-corrected chi connectivity index (χ3v) is 4.76. The molecule has 0 saturated carbocycles. The van der Waals surface area contributed by atoms with Crippen molar-refractivity contribution >= 4 is 45.8 Å². The van der Waals surface area contributed by atoms with Crippen molar-refractivity contribution in [2.75, 3.05) is 21.3 Å². The Morgan fingerprint density at radius 2 is 1.93 bits per heavy atom. The fourth-order valence-electron chi connectivity index (χ4n) is 2.53. The van der Waals surface area contributed by atoms with E-state index in [0.717, 1.165) is 34.4 Å². The first-order chi connectivity index (χ1) is 13.5. The minimum atomic E-state index is -0.612. The number of carbonyl (C=O) groups excluding carboxylic acids is 2. The molecule has 0 bridgehead atoms. The molecule has 8 nitrogen and oxygen atoms in total. The van der Waals surface area contributed by atoms with E-state index in [-0.39, 0.29) is 10.1 Å². The normalized spacial score (nSPS) is 16.8. The Morgan fingerprint density at radius 1 is 1.14 bits per heavy atom. The summed E-state index contributed by atoms with van der Waals surface area (Å²) in [5, 5.41) is 12.7. The topological polar surface area (TPSA) is 98.6 Å². The van der Waals surface area contributed by atoms with Crippen molar-refractivity contribution in [1.82, 2.24) is 5.32 Å². The van der Waals surface area contributed by atoms with E-state index >= 15 is 0 Å². The van der Waals surface area contributed by atoms with E-state index in [1.54, 1.807) is 14.2 Å². The van der Waals surface area contributed by atoms with Crippen LogP contribution in [0.25, 0.3) is 10.8 Å². The minimum absolute atomic E-state index is 0.191. The number of carbonyl (C=O) groups is 2. The number of thioether (sulfide) groups is 1. The summed E-state index contributed by atoms with van der Waals surface area (Å²) in [6, 6.07) is 9.50. The Morgan fingerprint density at radius 3 is 2.64 bits per heavy atom. The maximum atomic E-state index is 11.8. The molecule has 1 fully saturated rings. The summed E-state index contributed by atoms with van der Waals surface area (Å²) in [6.07, 6.45) is 2.63. The smallest absolute Gasteiger partial charge is 0.331 e. The van der Waals surface area contributed by atoms with Crippen molar-refractivity contribution in [1.29, 1.82) is 0 Å². The quantitative estimate of drug-likeness (QED) is 0.359. The first-order valence-corrected chi connectivity index (χ1v) is 8.92. The van der Waals surface area contributed by atoms with E-state index in [1.807, 2.05) is 30.3 Å². The van der Waals surface area contributed by atoms with Gasteiger partial charge in [-0.05, 0) is 35.3 Å². The highest BCUT2D eigenvalue weighted by atomic mass is 32.2. The number of ether oxygens (including phenoxy) is 3. The number of hydrogen-bond acceptors (Lipinski definition) is 8. The van der Waals surface area contributed by atoms with Gasteiger partial charge in [-0.1, -0.05) is 12.1 Å². The zero-order valence-electron chi connectivity index (χ0n) is 15.4. The van der Waals surface area contributed by atoms with Gasteiger partial charge in [-0.2, -0.15) is 5.10 Å². The van der Waals surface area contributed by atoms with Crippen LogP contribution in [0.3, 0.4) is 0 Å². The van der Waals surface area contributed by atoms with Crippen LogP contribution in [0, 0.1) is 0 Å². The number of rotatable bonds is 5. The van der Waals surface area contributed by atoms with Crippen molar-refractivity contribution in [3.8, 4) is 11.5 Å². The van der Waals surface area contributed by atoms with Crippen LogP contribution in [-0.2, 0) is 14.3 Å². The Kier molecular flexibility index (Phi) is 5.95. The molecule has 0 aliphatic carbocycles. The van der Waals surface area contributed by atoms with Gasteiger partial charge in [-0.15, -0.1) is 5.10 Å². The maximum Gasteiger partial charge on any atom is 0.331 e. The van der Waals surface area contributed by atoms with Gasteiger partial charge in [0.1, 0.15) is 11.5 Å². The second-order valence-corrected chi connectivity index (χ2v) is 6.54. The van der Waals surface area contributed by atoms with Gasteiger partial charge in [0.25, 0.3) is 5.91 Å². The van der Waals surface area contributed by atoms with Gasteiger partial charge in [0.15, 0.2) is 5.17 Å². The molecule has 1 N–H and O–H groups in total. The van der Waals surface area contributed by atoms with Crippen LogP contribution in [-0.4, -0.2) is 44.6 Å². The SMILES string of the molecule is COC(=O)/C=C1/S/C(=N\N=Cc2cc3cccc(OC)c3cc2OC)NC1=O. The fourth-order valence-corrected chi connectivity index (χ4v) is 3.27. The predicted molar refractivity (Wildman–Crippen MR) is 108 cm³/mol. The van der Waals surface area contributed by atoms with Crippen molar-refractivity contribution in [2.45, 2.75) is 0 Å². The number of nitrogens with zero attached hydrogens (tertiary/aromatic N) is 2. The molecule has 9 heteroatoms. The summed E-state index contributed by atoms with van der Waals surface area (Å²) in [5.74, 6) is 0.309. The first kappa shape index (κ1) is 19.4. The molecule has 28 heavy (non-hydrogen) atoms. The summed E-state index contributed by atoms with van der Waals surface area (Å²) < 4.78 is 15.3. The summed E-state index contributed by atoms with van der Waals surface area (Å²) in [4.78, 5) is 23.3. The van der Waals surface area contributed by atoms with E-state index in [1.165, 1.54) is 13.3 Å². The number of amides is 1. The second-order valence-electron chi connectivity index (χ2n) is 5.51. The molecule has 144 valence electrons. The number of amidine groups is 1. The molecule has 2 aromatic carbocycles. The highest BCUT2D eigenvalue weighted by Crippen LogP contribution is 2.31. The van der Waals surface area contributed by atoms with E-state index in [9.17, 15) is 9.59 Å². The number of nitrogens with one attached hydrogen (secondary N) is 1. The van der Waals surface area contributed by atoms with Crippen molar-refractivity contribution in [3.63, 3.8) is 0 Å². The summed E-state index contributed by atoms with van der Waals surface area (Å²) in [6.45, 7) is 0. The molecule has 1 aliphatic rings. The molecular formula is C19H17N3O5S. The maximum absolute atomic E-state index is 11.8. The molecule has 2 aromatic rings. The Hall–Kier alpha value is -3.33. The van der Waals surface area contributed by atoms with Crippen LogP contribution < -0.4 is 14.8 Å². The predicted octanol–water partition coefficient (Wildman–Crippen LogP) is 2.47. The van der Waals surface area contributed by atoms with Crippen LogP contribution in [0.4, 0.5) is 0 Å². The number of methoxy groups -OCH3 is 3. The molecule has 0 radical (unpaired) electrons. The number of hydrogen-bond donors (Lipinski definition) is 1. The summed E-state index contributed by atoms with van der Waals surface area (Å²) in [7, 11) is 4.42. The van der Waals surface area contributed by atoms with Gasteiger partial charge in [0.2, 0.25) is 0 Å². The molecule has 1 aliphatic heterocycles. The zero-order valence-corrected chi connectivity index (χ0v) is 16.2. The van der Waals surface area contributed by atoms with Crippen LogP contribution >= 0.6 is 11.8 Å². The van der Waals surface area contributed by atoms with Gasteiger partial charge >= 0.3 is 5.97 Å². The lowest BCUT2D eigenvalue weighted by Gasteiger charge is -2.09. The monoisotopic (exact) mass is 399 g/mol. The lowest BCUT2D eigenvalue weighted by atomic mass is 10.1. The van der Waals surface area contributed by atoms with E-state index in [4.69, 9.17) is 9.47 Å². The van der Waals surface area contributed by atoms with E-state index in [2.05, 4.69) is 20.3 Å². The van der Waals surface area contributed by atoms with Crippen LogP contribution in [0.2, 0.25) is 0 Å². The fraction of sp³-hybridized carbons (Fsp3) is 0.158. The van der Waals surface area contributed by atoms with E-state index < -0.39 is 11.9 Å². The van der Waals surface area contributed by atoms with Gasteiger partial charge in [0.05, 0.1) is 32.4 Å². The third kappa shape index (κ3) is 4.15. The summed E-state index contributed by atoms with van der Waals surface area (Å²) >= 11 is 1.00. The average molecular weight is 399 g/mol. The first-order valence-electron chi connectivity index (χ1n) is 8.10. The van der Waals surface area contributed by atoms with Crippen LogP contribution in [0.5, 0.6) is 11.5 Å². The Labute approximate surface area is 165 Å². The van der Waals surface area contributed by atoms with Crippen molar-refractivity contribution in [3.05, 3.63) is 46.9 Å². The zero-order chi connectivity index (χ0) is 20.1. The van der Waals surface area contributed by atoms with Gasteiger partial charge in [-0.3, -0.25) is 10.1 Å². The van der Waals surface area contributed by atoms with Crippen molar-refractivity contribution in [2.24, 2.45) is 10.2 Å². The van der Waals surface area contributed by atoms with Crippen LogP contribution in [0.15, 0.2) is 51.5 Å². The van der Waals surface area contributed by atoms with Crippen molar-refractivity contribution < 1.29 is 23.8 Å². The standard InChI is InChI=1S/C19H17N3O5S/c1-25-14-6-4-5-11-7-12(15(26-2)8-13(11)14)10-20-22-19-21-18(24)16(28-19)9-17(23)27-3/h4-10H,1-3H3,(H,21,22,24)/b16-9+,20-10?. The minimum Gasteiger partial charge on any atom is -0.496 e.